The van der Waals surface area contributed by atoms with Crippen LogP contribution in [0, 0.1) is 11.3 Å². The quantitative estimate of drug-likeness (QED) is 0.805. The first kappa shape index (κ1) is 14.5. The lowest BCUT2D eigenvalue weighted by atomic mass is 9.79. The highest BCUT2D eigenvalue weighted by Crippen LogP contribution is 2.29. The van der Waals surface area contributed by atoms with Crippen molar-refractivity contribution in [2.45, 2.75) is 66.0 Å². The Bertz CT molecular complexity index is 270. The van der Waals surface area contributed by atoms with Gasteiger partial charge in [0.25, 0.3) is 0 Å². The highest BCUT2D eigenvalue weighted by atomic mass is 16.2. The molecule has 1 amide bonds. The molecule has 1 aliphatic heterocycles. The van der Waals surface area contributed by atoms with Gasteiger partial charge in [-0.2, -0.15) is 0 Å². The van der Waals surface area contributed by atoms with E-state index in [4.69, 9.17) is 5.73 Å². The standard InChI is InChI=1S/C14H28N2O/c1-10(14(3,4)5)8-13(17)16-7-6-12(15)9-11(16)2/h10-12H,6-9,15H2,1-5H3. The van der Waals surface area contributed by atoms with Crippen LogP contribution in [0.3, 0.4) is 0 Å². The van der Waals surface area contributed by atoms with E-state index in [2.05, 4.69) is 34.6 Å². The number of carbonyl (C=O) groups is 1. The molecule has 0 spiro atoms. The fourth-order valence-corrected chi connectivity index (χ4v) is 2.26. The number of hydrogen-bond donors (Lipinski definition) is 1. The van der Waals surface area contributed by atoms with Gasteiger partial charge in [0.2, 0.25) is 5.91 Å². The van der Waals surface area contributed by atoms with Gasteiger partial charge in [-0.1, -0.05) is 27.7 Å². The summed E-state index contributed by atoms with van der Waals surface area (Å²) in [7, 11) is 0. The van der Waals surface area contributed by atoms with Crippen LogP contribution in [0.4, 0.5) is 0 Å². The van der Waals surface area contributed by atoms with Gasteiger partial charge >= 0.3 is 0 Å². The Kier molecular flexibility index (Phi) is 4.59. The predicted octanol–water partition coefficient (Wildman–Crippen LogP) is 2.40. The maximum atomic E-state index is 12.3. The summed E-state index contributed by atoms with van der Waals surface area (Å²) in [5, 5.41) is 0. The molecule has 1 heterocycles. The largest absolute Gasteiger partial charge is 0.340 e. The third kappa shape index (κ3) is 3.98. The van der Waals surface area contributed by atoms with Gasteiger partial charge in [-0.3, -0.25) is 4.79 Å². The third-order valence-electron chi connectivity index (χ3n) is 4.20. The summed E-state index contributed by atoms with van der Waals surface area (Å²) in [6.45, 7) is 11.7. The lowest BCUT2D eigenvalue weighted by Crippen LogP contribution is -2.48. The summed E-state index contributed by atoms with van der Waals surface area (Å²) in [6, 6.07) is 0.576. The molecule has 1 aliphatic rings. The number of likely N-dealkylation sites (tertiary alicyclic amines) is 1. The maximum absolute atomic E-state index is 12.3. The fraction of sp³-hybridized carbons (Fsp3) is 0.929. The zero-order valence-corrected chi connectivity index (χ0v) is 12.0. The predicted molar refractivity (Wildman–Crippen MR) is 71.6 cm³/mol. The molecule has 3 unspecified atom stereocenters. The molecule has 0 aromatic rings. The van der Waals surface area contributed by atoms with Gasteiger partial charge in [0.15, 0.2) is 0 Å². The van der Waals surface area contributed by atoms with E-state index in [0.29, 0.717) is 24.3 Å². The van der Waals surface area contributed by atoms with Gasteiger partial charge in [-0.15, -0.1) is 0 Å². The maximum Gasteiger partial charge on any atom is 0.223 e. The number of hydrogen-bond acceptors (Lipinski definition) is 2. The van der Waals surface area contributed by atoms with Gasteiger partial charge in [0.1, 0.15) is 0 Å². The van der Waals surface area contributed by atoms with Crippen LogP contribution in [0.1, 0.15) is 53.9 Å². The number of nitrogens with zero attached hydrogens (tertiary/aromatic N) is 1. The van der Waals surface area contributed by atoms with Crippen molar-refractivity contribution in [3.8, 4) is 0 Å². The molecule has 17 heavy (non-hydrogen) atoms. The molecule has 3 atom stereocenters. The number of carbonyl (C=O) groups excluding carboxylic acids is 1. The molecule has 1 fully saturated rings. The molecular weight excluding hydrogens is 212 g/mol. The Labute approximate surface area is 106 Å². The lowest BCUT2D eigenvalue weighted by molar-refractivity contribution is -0.136. The van der Waals surface area contributed by atoms with Crippen molar-refractivity contribution in [1.82, 2.24) is 4.90 Å². The molecule has 0 saturated carbocycles. The summed E-state index contributed by atoms with van der Waals surface area (Å²) in [5.74, 6) is 0.713. The summed E-state index contributed by atoms with van der Waals surface area (Å²) >= 11 is 0. The molecule has 3 heteroatoms. The summed E-state index contributed by atoms with van der Waals surface area (Å²) < 4.78 is 0. The zero-order valence-electron chi connectivity index (χ0n) is 12.0. The van der Waals surface area contributed by atoms with E-state index in [0.717, 1.165) is 19.4 Å². The first-order valence-electron chi connectivity index (χ1n) is 6.77. The van der Waals surface area contributed by atoms with Crippen LogP contribution in [0.25, 0.3) is 0 Å². The van der Waals surface area contributed by atoms with E-state index in [1.54, 1.807) is 0 Å². The van der Waals surface area contributed by atoms with Gasteiger partial charge in [-0.25, -0.2) is 0 Å². The third-order valence-corrected chi connectivity index (χ3v) is 4.20. The second-order valence-corrected chi connectivity index (χ2v) is 6.69. The van der Waals surface area contributed by atoms with Gasteiger partial charge in [-0.05, 0) is 31.1 Å². The van der Waals surface area contributed by atoms with Crippen LogP contribution in [0.2, 0.25) is 0 Å². The average molecular weight is 240 g/mol. The van der Waals surface area contributed by atoms with E-state index >= 15 is 0 Å². The van der Waals surface area contributed by atoms with Crippen molar-refractivity contribution < 1.29 is 4.79 Å². The number of piperidine rings is 1. The first-order chi connectivity index (χ1) is 7.71. The molecule has 0 aromatic heterocycles. The minimum absolute atomic E-state index is 0.199. The molecule has 0 aromatic carbocycles. The SMILES string of the molecule is CC1CC(N)CCN1C(=O)CC(C)C(C)(C)C. The van der Waals surface area contributed by atoms with Crippen LogP contribution in [0.5, 0.6) is 0 Å². The second kappa shape index (κ2) is 5.38. The molecule has 1 saturated heterocycles. The molecule has 2 N–H and O–H groups in total. The Morgan fingerprint density at radius 2 is 2.06 bits per heavy atom. The summed E-state index contributed by atoms with van der Waals surface area (Å²) in [6.07, 6.45) is 2.54. The number of rotatable bonds is 2. The van der Waals surface area contributed by atoms with E-state index < -0.39 is 0 Å². The highest BCUT2D eigenvalue weighted by molar-refractivity contribution is 5.77. The molecule has 0 radical (unpaired) electrons. The van der Waals surface area contributed by atoms with E-state index in [9.17, 15) is 4.79 Å². The fourth-order valence-electron chi connectivity index (χ4n) is 2.26. The Morgan fingerprint density at radius 1 is 1.47 bits per heavy atom. The van der Waals surface area contributed by atoms with E-state index in [-0.39, 0.29) is 11.5 Å². The van der Waals surface area contributed by atoms with E-state index in [1.165, 1.54) is 0 Å². The molecule has 0 aliphatic carbocycles. The topological polar surface area (TPSA) is 46.3 Å². The normalized spacial score (nSPS) is 28.0. The van der Waals surface area contributed by atoms with Crippen molar-refractivity contribution in [1.29, 1.82) is 0 Å². The van der Waals surface area contributed by atoms with Crippen LogP contribution in [0.15, 0.2) is 0 Å². The average Bonchev–Trinajstić information content (AvgIpc) is 2.15. The summed E-state index contributed by atoms with van der Waals surface area (Å²) in [4.78, 5) is 14.3. The van der Waals surface area contributed by atoms with Crippen LogP contribution in [-0.4, -0.2) is 29.4 Å². The monoisotopic (exact) mass is 240 g/mol. The Hall–Kier alpha value is -0.570. The van der Waals surface area contributed by atoms with Crippen molar-refractivity contribution in [3.05, 3.63) is 0 Å². The van der Waals surface area contributed by atoms with Crippen molar-refractivity contribution >= 4 is 5.91 Å². The Morgan fingerprint density at radius 3 is 2.53 bits per heavy atom. The van der Waals surface area contributed by atoms with E-state index in [1.807, 2.05) is 4.90 Å². The Balaban J connectivity index is 2.53. The lowest BCUT2D eigenvalue weighted by Gasteiger charge is -2.38. The molecular formula is C14H28N2O. The smallest absolute Gasteiger partial charge is 0.223 e. The molecule has 0 bridgehead atoms. The van der Waals surface area contributed by atoms with Crippen LogP contribution in [-0.2, 0) is 4.79 Å². The highest BCUT2D eigenvalue weighted by Gasteiger charge is 2.30. The van der Waals surface area contributed by atoms with Crippen LogP contribution >= 0.6 is 0 Å². The first-order valence-corrected chi connectivity index (χ1v) is 6.77. The molecule has 3 nitrogen and oxygen atoms in total. The second-order valence-electron chi connectivity index (χ2n) is 6.69. The van der Waals surface area contributed by atoms with Gasteiger partial charge in [0, 0.05) is 25.0 Å². The van der Waals surface area contributed by atoms with Crippen molar-refractivity contribution in [3.63, 3.8) is 0 Å². The van der Waals surface area contributed by atoms with Crippen molar-refractivity contribution in [2.75, 3.05) is 6.54 Å². The minimum atomic E-state index is 0.199. The van der Waals surface area contributed by atoms with Gasteiger partial charge in [0.05, 0.1) is 0 Å². The number of nitrogens with two attached hydrogens (primary N) is 1. The van der Waals surface area contributed by atoms with Crippen LogP contribution < -0.4 is 5.73 Å². The molecule has 1 rings (SSSR count). The zero-order chi connectivity index (χ0) is 13.2. The number of amides is 1. The summed E-state index contributed by atoms with van der Waals surface area (Å²) in [5.41, 5.74) is 6.12. The molecule has 100 valence electrons. The van der Waals surface area contributed by atoms with Crippen molar-refractivity contribution in [2.24, 2.45) is 17.1 Å². The minimum Gasteiger partial charge on any atom is -0.340 e. The van der Waals surface area contributed by atoms with Gasteiger partial charge < -0.3 is 10.6 Å².